The lowest BCUT2D eigenvalue weighted by atomic mass is 10.0. The van der Waals surface area contributed by atoms with Crippen molar-refractivity contribution >= 4 is 17.5 Å². The number of anilines is 1. The van der Waals surface area contributed by atoms with Crippen LogP contribution in [-0.4, -0.2) is 65.9 Å². The number of amides is 2. The van der Waals surface area contributed by atoms with Crippen LogP contribution in [0.2, 0.25) is 0 Å². The average Bonchev–Trinajstić information content (AvgIpc) is 3.39. The van der Waals surface area contributed by atoms with E-state index in [1.165, 1.54) is 31.4 Å². The van der Waals surface area contributed by atoms with Crippen LogP contribution in [0.3, 0.4) is 0 Å². The number of likely N-dealkylation sites (tertiary alicyclic amines) is 1. The molecule has 6 nitrogen and oxygen atoms in total. The highest BCUT2D eigenvalue weighted by Crippen LogP contribution is 2.32. The van der Waals surface area contributed by atoms with Crippen molar-refractivity contribution in [2.45, 2.75) is 58.3 Å². The summed E-state index contributed by atoms with van der Waals surface area (Å²) in [6, 6.07) is 4.36. The SMILES string of the molecule is CC(=O)N1CCN(c2cc(C)nc([C@H]3CCN(C(=O)CC4CCCC4)C3)c2)CC1. The van der Waals surface area contributed by atoms with Gasteiger partial charge in [-0.25, -0.2) is 0 Å². The van der Waals surface area contributed by atoms with E-state index in [1.54, 1.807) is 6.92 Å². The summed E-state index contributed by atoms with van der Waals surface area (Å²) < 4.78 is 0. The van der Waals surface area contributed by atoms with E-state index in [0.29, 0.717) is 17.7 Å². The molecule has 0 unspecified atom stereocenters. The third-order valence-corrected chi connectivity index (χ3v) is 6.95. The van der Waals surface area contributed by atoms with E-state index in [4.69, 9.17) is 4.98 Å². The normalized spacial score (nSPS) is 23.1. The Balaban J connectivity index is 1.39. The Labute approximate surface area is 174 Å². The molecule has 0 radical (unpaired) electrons. The van der Waals surface area contributed by atoms with Gasteiger partial charge in [0, 0.05) is 75.6 Å². The third-order valence-electron chi connectivity index (χ3n) is 6.95. The molecule has 158 valence electrons. The molecule has 4 rings (SSSR count). The van der Waals surface area contributed by atoms with E-state index in [2.05, 4.69) is 28.9 Å². The van der Waals surface area contributed by atoms with E-state index in [1.807, 2.05) is 4.90 Å². The molecule has 3 heterocycles. The summed E-state index contributed by atoms with van der Waals surface area (Å²) in [6.07, 6.45) is 6.77. The second kappa shape index (κ2) is 8.72. The van der Waals surface area contributed by atoms with Gasteiger partial charge in [0.05, 0.1) is 0 Å². The van der Waals surface area contributed by atoms with Crippen LogP contribution in [0.4, 0.5) is 5.69 Å². The molecule has 3 aliphatic rings. The highest BCUT2D eigenvalue weighted by Gasteiger charge is 2.30. The zero-order valence-electron chi connectivity index (χ0n) is 17.9. The van der Waals surface area contributed by atoms with Gasteiger partial charge in [-0.1, -0.05) is 12.8 Å². The fourth-order valence-corrected chi connectivity index (χ4v) is 5.17. The van der Waals surface area contributed by atoms with Gasteiger partial charge in [-0.2, -0.15) is 0 Å². The largest absolute Gasteiger partial charge is 0.368 e. The van der Waals surface area contributed by atoms with Crippen molar-refractivity contribution in [1.29, 1.82) is 0 Å². The van der Waals surface area contributed by atoms with Gasteiger partial charge in [0.15, 0.2) is 0 Å². The van der Waals surface area contributed by atoms with E-state index in [-0.39, 0.29) is 5.91 Å². The number of hydrogen-bond acceptors (Lipinski definition) is 4. The van der Waals surface area contributed by atoms with Crippen LogP contribution in [0.5, 0.6) is 0 Å². The number of nitrogens with zero attached hydrogens (tertiary/aromatic N) is 4. The van der Waals surface area contributed by atoms with Crippen molar-refractivity contribution in [2.75, 3.05) is 44.2 Å². The highest BCUT2D eigenvalue weighted by molar-refractivity contribution is 5.77. The number of carbonyl (C=O) groups excluding carboxylic acids is 2. The summed E-state index contributed by atoms with van der Waals surface area (Å²) >= 11 is 0. The first-order chi connectivity index (χ1) is 14.0. The molecule has 6 heteroatoms. The maximum atomic E-state index is 12.7. The van der Waals surface area contributed by atoms with E-state index < -0.39 is 0 Å². The molecule has 1 aromatic heterocycles. The Morgan fingerprint density at radius 1 is 1.00 bits per heavy atom. The van der Waals surface area contributed by atoms with Crippen LogP contribution in [0.1, 0.15) is 62.8 Å². The monoisotopic (exact) mass is 398 g/mol. The van der Waals surface area contributed by atoms with E-state index >= 15 is 0 Å². The van der Waals surface area contributed by atoms with Crippen LogP contribution in [-0.2, 0) is 9.59 Å². The maximum Gasteiger partial charge on any atom is 0.222 e. The molecule has 2 saturated heterocycles. The Morgan fingerprint density at radius 3 is 2.41 bits per heavy atom. The number of aromatic nitrogens is 1. The first kappa shape index (κ1) is 20.2. The number of aryl methyl sites for hydroxylation is 1. The molecular weight excluding hydrogens is 364 g/mol. The summed E-state index contributed by atoms with van der Waals surface area (Å²) in [5.41, 5.74) is 3.35. The highest BCUT2D eigenvalue weighted by atomic mass is 16.2. The van der Waals surface area contributed by atoms with Gasteiger partial charge in [-0.15, -0.1) is 0 Å². The second-order valence-electron chi connectivity index (χ2n) is 9.06. The van der Waals surface area contributed by atoms with Gasteiger partial charge in [0.2, 0.25) is 11.8 Å². The predicted octanol–water partition coefficient (Wildman–Crippen LogP) is 2.95. The Bertz CT molecular complexity index is 751. The van der Waals surface area contributed by atoms with E-state index in [0.717, 1.165) is 63.5 Å². The van der Waals surface area contributed by atoms with Crippen molar-refractivity contribution in [3.63, 3.8) is 0 Å². The van der Waals surface area contributed by atoms with Gasteiger partial charge in [0.1, 0.15) is 0 Å². The predicted molar refractivity (Wildman–Crippen MR) is 114 cm³/mol. The van der Waals surface area contributed by atoms with Crippen molar-refractivity contribution < 1.29 is 9.59 Å². The minimum atomic E-state index is 0.157. The standard InChI is InChI=1S/C23H34N4O2/c1-17-13-21(26-11-9-25(10-12-26)18(2)28)15-22(24-17)20-7-8-27(16-20)23(29)14-19-5-3-4-6-19/h13,15,19-20H,3-12,14,16H2,1-2H3/t20-/m0/s1. The number of pyridine rings is 1. The molecule has 1 atom stereocenters. The smallest absolute Gasteiger partial charge is 0.222 e. The Morgan fingerprint density at radius 2 is 1.72 bits per heavy atom. The third kappa shape index (κ3) is 4.73. The van der Waals surface area contributed by atoms with Crippen molar-refractivity contribution in [3.8, 4) is 0 Å². The summed E-state index contributed by atoms with van der Waals surface area (Å²) in [4.78, 5) is 35.5. The summed E-state index contributed by atoms with van der Waals surface area (Å²) in [7, 11) is 0. The zero-order valence-corrected chi connectivity index (χ0v) is 17.9. The average molecular weight is 399 g/mol. The molecule has 1 aliphatic carbocycles. The molecule has 0 spiro atoms. The zero-order chi connectivity index (χ0) is 20.4. The number of carbonyl (C=O) groups is 2. The summed E-state index contributed by atoms with van der Waals surface area (Å²) in [5.74, 6) is 1.44. The lowest BCUT2D eigenvalue weighted by Gasteiger charge is -2.36. The summed E-state index contributed by atoms with van der Waals surface area (Å²) in [6.45, 7) is 8.63. The van der Waals surface area contributed by atoms with Crippen molar-refractivity contribution in [2.24, 2.45) is 5.92 Å². The van der Waals surface area contributed by atoms with Crippen LogP contribution in [0, 0.1) is 12.8 Å². The van der Waals surface area contributed by atoms with Crippen molar-refractivity contribution in [1.82, 2.24) is 14.8 Å². The van der Waals surface area contributed by atoms with Crippen molar-refractivity contribution in [3.05, 3.63) is 23.5 Å². The quantitative estimate of drug-likeness (QED) is 0.782. The number of piperazine rings is 1. The van der Waals surface area contributed by atoms with Gasteiger partial charge in [0.25, 0.3) is 0 Å². The molecule has 2 amide bonds. The van der Waals surface area contributed by atoms with Crippen LogP contribution in [0.25, 0.3) is 0 Å². The number of rotatable bonds is 4. The summed E-state index contributed by atoms with van der Waals surface area (Å²) in [5, 5.41) is 0. The van der Waals surface area contributed by atoms with Gasteiger partial charge in [-0.05, 0) is 44.2 Å². The molecule has 2 aliphatic heterocycles. The minimum Gasteiger partial charge on any atom is -0.368 e. The maximum absolute atomic E-state index is 12.7. The first-order valence-electron chi connectivity index (χ1n) is 11.3. The lowest BCUT2D eigenvalue weighted by molar-refractivity contribution is -0.131. The molecule has 0 aromatic carbocycles. The first-order valence-corrected chi connectivity index (χ1v) is 11.3. The van der Waals surface area contributed by atoms with Gasteiger partial charge in [-0.3, -0.25) is 14.6 Å². The van der Waals surface area contributed by atoms with Gasteiger partial charge >= 0.3 is 0 Å². The molecule has 0 N–H and O–H groups in total. The fraction of sp³-hybridized carbons (Fsp3) is 0.696. The lowest BCUT2D eigenvalue weighted by Crippen LogP contribution is -2.48. The molecule has 1 aromatic rings. The molecular formula is C23H34N4O2. The van der Waals surface area contributed by atoms with Crippen LogP contribution >= 0.6 is 0 Å². The van der Waals surface area contributed by atoms with Crippen LogP contribution < -0.4 is 4.90 Å². The Kier molecular flexibility index (Phi) is 6.07. The molecule has 0 bridgehead atoms. The number of hydrogen-bond donors (Lipinski definition) is 0. The minimum absolute atomic E-state index is 0.157. The molecule has 29 heavy (non-hydrogen) atoms. The second-order valence-corrected chi connectivity index (χ2v) is 9.06. The van der Waals surface area contributed by atoms with Crippen LogP contribution in [0.15, 0.2) is 12.1 Å². The van der Waals surface area contributed by atoms with E-state index in [9.17, 15) is 9.59 Å². The Hall–Kier alpha value is -2.11. The van der Waals surface area contributed by atoms with Gasteiger partial charge < -0.3 is 14.7 Å². The fourth-order valence-electron chi connectivity index (χ4n) is 5.17. The molecule has 3 fully saturated rings. The molecule has 1 saturated carbocycles. The topological polar surface area (TPSA) is 56.8 Å².